The summed E-state index contributed by atoms with van der Waals surface area (Å²) in [5.41, 5.74) is 1.38. The Morgan fingerprint density at radius 2 is 1.76 bits per heavy atom. The van der Waals surface area contributed by atoms with E-state index in [9.17, 15) is 21.6 Å². The van der Waals surface area contributed by atoms with E-state index < -0.39 is 22.0 Å². The van der Waals surface area contributed by atoms with Crippen LogP contribution in [-0.4, -0.2) is 33.8 Å². The Bertz CT molecular complexity index is 1110. The minimum Gasteiger partial charge on any atom is -0.340 e. The van der Waals surface area contributed by atoms with Gasteiger partial charge < -0.3 is 5.32 Å². The first kappa shape index (κ1) is 20.8. The lowest BCUT2D eigenvalue weighted by Crippen LogP contribution is -2.16. The van der Waals surface area contributed by atoms with Gasteiger partial charge in [-0.3, -0.25) is 4.72 Å². The summed E-state index contributed by atoms with van der Waals surface area (Å²) < 4.78 is 66.1. The zero-order valence-electron chi connectivity index (χ0n) is 15.7. The lowest BCUT2D eigenvalue weighted by molar-refractivity contribution is -0.144. The van der Waals surface area contributed by atoms with Crippen LogP contribution in [0.4, 0.5) is 30.4 Å². The van der Waals surface area contributed by atoms with Crippen molar-refractivity contribution >= 4 is 33.0 Å². The fourth-order valence-corrected chi connectivity index (χ4v) is 3.80. The second kappa shape index (κ2) is 7.85. The number of halogens is 3. The molecule has 12 heteroatoms. The zero-order chi connectivity index (χ0) is 21.2. The Hall–Kier alpha value is -2.89. The van der Waals surface area contributed by atoms with Crippen molar-refractivity contribution in [2.75, 3.05) is 15.8 Å². The molecule has 0 saturated carbocycles. The summed E-state index contributed by atoms with van der Waals surface area (Å²) in [6.45, 7) is 3.53. The van der Waals surface area contributed by atoms with Gasteiger partial charge in [0.2, 0.25) is 10.0 Å². The van der Waals surface area contributed by atoms with Gasteiger partial charge in [0, 0.05) is 23.1 Å². The van der Waals surface area contributed by atoms with Crippen molar-refractivity contribution in [3.05, 3.63) is 41.9 Å². The van der Waals surface area contributed by atoms with Gasteiger partial charge in [-0.25, -0.2) is 13.4 Å². The topological polar surface area (TPSA) is 101 Å². The largest absolute Gasteiger partial charge is 0.453 e. The normalized spacial score (nSPS) is 12.3. The van der Waals surface area contributed by atoms with Crippen molar-refractivity contribution in [3.8, 4) is 0 Å². The molecule has 2 aromatic heterocycles. The maximum Gasteiger partial charge on any atom is 0.453 e. The van der Waals surface area contributed by atoms with E-state index in [0.717, 1.165) is 10.9 Å². The van der Waals surface area contributed by atoms with Gasteiger partial charge in [-0.15, -0.1) is 5.10 Å². The molecule has 0 aliphatic rings. The molecule has 2 heterocycles. The molecule has 3 aromatic rings. The average Bonchev–Trinajstić information content (AvgIpc) is 3.06. The summed E-state index contributed by atoms with van der Waals surface area (Å²) in [6.07, 6.45) is -3.36. The van der Waals surface area contributed by atoms with Gasteiger partial charge in [-0.2, -0.15) is 22.7 Å². The standard InChI is InChI=1S/C17H19F3N6O2S/c1-3-4-9-29(27,28)25-13-7-5-12(6-8-13)22-14-10-11(2)21-16-23-15(17(18,19)20)24-26(14)16/h5-8,10,22,25H,3-4,9H2,1-2H3. The number of alkyl halides is 3. The maximum atomic E-state index is 12.9. The highest BCUT2D eigenvalue weighted by molar-refractivity contribution is 7.92. The Morgan fingerprint density at radius 3 is 2.38 bits per heavy atom. The molecule has 0 bridgehead atoms. The maximum absolute atomic E-state index is 12.9. The van der Waals surface area contributed by atoms with Crippen LogP contribution in [0.3, 0.4) is 0 Å². The fraction of sp³-hybridized carbons (Fsp3) is 0.353. The molecule has 2 N–H and O–H groups in total. The highest BCUT2D eigenvalue weighted by Crippen LogP contribution is 2.28. The molecule has 0 unspecified atom stereocenters. The number of rotatable bonds is 7. The molecule has 0 spiro atoms. The van der Waals surface area contributed by atoms with Crippen molar-refractivity contribution in [2.24, 2.45) is 0 Å². The monoisotopic (exact) mass is 428 g/mol. The van der Waals surface area contributed by atoms with Crippen LogP contribution >= 0.6 is 0 Å². The first-order valence-electron chi connectivity index (χ1n) is 8.76. The van der Waals surface area contributed by atoms with E-state index in [4.69, 9.17) is 0 Å². The lowest BCUT2D eigenvalue weighted by atomic mass is 10.3. The molecular formula is C17H19F3N6O2S. The number of benzene rings is 1. The smallest absolute Gasteiger partial charge is 0.340 e. The van der Waals surface area contributed by atoms with E-state index >= 15 is 0 Å². The zero-order valence-corrected chi connectivity index (χ0v) is 16.5. The molecule has 3 rings (SSSR count). The second-order valence-corrected chi connectivity index (χ2v) is 8.25. The first-order valence-corrected chi connectivity index (χ1v) is 10.4. The molecule has 29 heavy (non-hydrogen) atoms. The third-order valence-electron chi connectivity index (χ3n) is 3.89. The van der Waals surface area contributed by atoms with Crippen LogP contribution in [-0.2, 0) is 16.2 Å². The van der Waals surface area contributed by atoms with Crippen LogP contribution in [0.1, 0.15) is 31.3 Å². The Kier molecular flexibility index (Phi) is 5.64. The predicted molar refractivity (Wildman–Crippen MR) is 103 cm³/mol. The number of sulfonamides is 1. The van der Waals surface area contributed by atoms with Gasteiger partial charge in [0.15, 0.2) is 0 Å². The molecular weight excluding hydrogens is 409 g/mol. The van der Waals surface area contributed by atoms with E-state index in [0.29, 0.717) is 23.5 Å². The number of unbranched alkanes of at least 4 members (excludes halogenated alkanes) is 1. The van der Waals surface area contributed by atoms with E-state index in [1.54, 1.807) is 31.2 Å². The van der Waals surface area contributed by atoms with Crippen molar-refractivity contribution in [1.82, 2.24) is 19.6 Å². The van der Waals surface area contributed by atoms with Crippen molar-refractivity contribution in [2.45, 2.75) is 32.9 Å². The highest BCUT2D eigenvalue weighted by atomic mass is 32.2. The van der Waals surface area contributed by atoms with Crippen molar-refractivity contribution < 1.29 is 21.6 Å². The predicted octanol–water partition coefficient (Wildman–Crippen LogP) is 3.74. The van der Waals surface area contributed by atoms with Gasteiger partial charge in [0.25, 0.3) is 11.6 Å². The highest BCUT2D eigenvalue weighted by Gasteiger charge is 2.36. The van der Waals surface area contributed by atoms with Crippen molar-refractivity contribution in [1.29, 1.82) is 0 Å². The van der Waals surface area contributed by atoms with Crippen LogP contribution in [0.25, 0.3) is 5.78 Å². The number of nitrogens with zero attached hydrogens (tertiary/aromatic N) is 4. The van der Waals surface area contributed by atoms with Crippen LogP contribution in [0.15, 0.2) is 30.3 Å². The number of aryl methyl sites for hydroxylation is 1. The van der Waals surface area contributed by atoms with E-state index in [1.807, 2.05) is 6.92 Å². The summed E-state index contributed by atoms with van der Waals surface area (Å²) in [7, 11) is -3.42. The molecule has 0 saturated heterocycles. The molecule has 0 amide bonds. The second-order valence-electron chi connectivity index (χ2n) is 6.40. The third kappa shape index (κ3) is 5.13. The molecule has 1 aromatic carbocycles. The van der Waals surface area contributed by atoms with Gasteiger partial charge in [-0.05, 0) is 37.6 Å². The number of hydrogen-bond donors (Lipinski definition) is 2. The number of hydrogen-bond acceptors (Lipinski definition) is 6. The summed E-state index contributed by atoms with van der Waals surface area (Å²) >= 11 is 0. The SMILES string of the molecule is CCCCS(=O)(=O)Nc1ccc(Nc2cc(C)nc3nc(C(F)(F)F)nn23)cc1. The minimum absolute atomic E-state index is 0.0333. The van der Waals surface area contributed by atoms with Crippen LogP contribution in [0, 0.1) is 6.92 Å². The molecule has 0 atom stereocenters. The molecule has 0 radical (unpaired) electrons. The molecule has 8 nitrogen and oxygen atoms in total. The van der Waals surface area contributed by atoms with Gasteiger partial charge in [-0.1, -0.05) is 13.3 Å². The van der Waals surface area contributed by atoms with E-state index in [2.05, 4.69) is 25.1 Å². The minimum atomic E-state index is -4.69. The Morgan fingerprint density at radius 1 is 1.10 bits per heavy atom. The molecule has 0 fully saturated rings. The average molecular weight is 428 g/mol. The summed E-state index contributed by atoms with van der Waals surface area (Å²) in [6, 6.07) is 7.84. The first-order chi connectivity index (χ1) is 13.6. The molecule has 156 valence electrons. The number of aromatic nitrogens is 4. The number of nitrogens with one attached hydrogen (secondary N) is 2. The van der Waals surface area contributed by atoms with Gasteiger partial charge in [0.05, 0.1) is 5.75 Å². The summed E-state index contributed by atoms with van der Waals surface area (Å²) in [5.74, 6) is -1.19. The fourth-order valence-electron chi connectivity index (χ4n) is 2.53. The van der Waals surface area contributed by atoms with Crippen LogP contribution < -0.4 is 10.0 Å². The lowest BCUT2D eigenvalue weighted by Gasteiger charge is -2.11. The number of fused-ring (bicyclic) bond motifs is 1. The Balaban J connectivity index is 1.83. The molecule has 0 aliphatic heterocycles. The quantitative estimate of drug-likeness (QED) is 0.595. The van der Waals surface area contributed by atoms with Gasteiger partial charge in [0.1, 0.15) is 5.82 Å². The molecule has 0 aliphatic carbocycles. The van der Waals surface area contributed by atoms with E-state index in [1.165, 1.54) is 6.07 Å². The third-order valence-corrected chi connectivity index (χ3v) is 5.26. The van der Waals surface area contributed by atoms with Crippen LogP contribution in [0.2, 0.25) is 0 Å². The van der Waals surface area contributed by atoms with E-state index in [-0.39, 0.29) is 17.3 Å². The van der Waals surface area contributed by atoms with Crippen molar-refractivity contribution in [3.63, 3.8) is 0 Å². The number of anilines is 3. The summed E-state index contributed by atoms with van der Waals surface area (Å²) in [4.78, 5) is 7.39. The van der Waals surface area contributed by atoms with Gasteiger partial charge >= 0.3 is 6.18 Å². The summed E-state index contributed by atoms with van der Waals surface area (Å²) in [5, 5.41) is 6.43. The Labute approximate surface area is 165 Å². The van der Waals surface area contributed by atoms with Crippen LogP contribution in [0.5, 0.6) is 0 Å².